The molecule has 2 N–H and O–H groups in total. The van der Waals surface area contributed by atoms with Crippen molar-refractivity contribution in [2.45, 2.75) is 47.1 Å². The van der Waals surface area contributed by atoms with Crippen LogP contribution in [-0.2, 0) is 4.79 Å². The number of carbonyl (C=O) groups excluding carboxylic acids is 1. The summed E-state index contributed by atoms with van der Waals surface area (Å²) in [5.74, 6) is 0.780. The smallest absolute Gasteiger partial charge is 0.226 e. The summed E-state index contributed by atoms with van der Waals surface area (Å²) in [4.78, 5) is 11.5. The number of nitrogens with one attached hydrogen (secondary N) is 2. The zero-order valence-corrected chi connectivity index (χ0v) is 11.0. The second kappa shape index (κ2) is 6.11. The van der Waals surface area contributed by atoms with Gasteiger partial charge in [0.15, 0.2) is 0 Å². The van der Waals surface area contributed by atoms with Crippen LogP contribution in [0.15, 0.2) is 0 Å². The summed E-state index contributed by atoms with van der Waals surface area (Å²) >= 11 is 0. The molecule has 3 nitrogen and oxygen atoms in total. The molecule has 0 aliphatic carbocycles. The van der Waals surface area contributed by atoms with Gasteiger partial charge in [-0.3, -0.25) is 4.79 Å². The van der Waals surface area contributed by atoms with Gasteiger partial charge in [0.25, 0.3) is 0 Å². The Labute approximate surface area is 94.0 Å². The summed E-state index contributed by atoms with van der Waals surface area (Å²) in [6, 6.07) is 0.467. The normalized spacial score (nSPS) is 14.1. The molecule has 0 spiro atoms. The first kappa shape index (κ1) is 14.4. The van der Waals surface area contributed by atoms with Crippen molar-refractivity contribution in [2.75, 3.05) is 13.6 Å². The van der Waals surface area contributed by atoms with Crippen LogP contribution in [-0.4, -0.2) is 25.5 Å². The van der Waals surface area contributed by atoms with Gasteiger partial charge in [0, 0.05) is 19.6 Å². The third-order valence-electron chi connectivity index (χ3n) is 2.56. The van der Waals surface area contributed by atoms with Crippen molar-refractivity contribution in [3.8, 4) is 0 Å². The van der Waals surface area contributed by atoms with Crippen LogP contribution in [0.3, 0.4) is 0 Å². The number of hydrogen-bond acceptors (Lipinski definition) is 2. The number of amides is 1. The van der Waals surface area contributed by atoms with Crippen LogP contribution in [0.25, 0.3) is 0 Å². The van der Waals surface area contributed by atoms with Crippen molar-refractivity contribution in [2.24, 2.45) is 11.3 Å². The fourth-order valence-corrected chi connectivity index (χ4v) is 1.64. The van der Waals surface area contributed by atoms with Crippen LogP contribution < -0.4 is 10.6 Å². The molecule has 0 rings (SSSR count). The summed E-state index contributed by atoms with van der Waals surface area (Å²) < 4.78 is 0. The monoisotopic (exact) mass is 214 g/mol. The fourth-order valence-electron chi connectivity index (χ4n) is 1.64. The summed E-state index contributed by atoms with van der Waals surface area (Å²) in [5.41, 5.74) is -0.333. The van der Waals surface area contributed by atoms with Crippen LogP contribution in [0.4, 0.5) is 0 Å². The van der Waals surface area contributed by atoms with Gasteiger partial charge in [-0.25, -0.2) is 0 Å². The molecule has 0 saturated heterocycles. The second-order valence-electron chi connectivity index (χ2n) is 5.37. The molecule has 0 heterocycles. The fraction of sp³-hybridized carbons (Fsp3) is 0.917. The molecule has 15 heavy (non-hydrogen) atoms. The van der Waals surface area contributed by atoms with E-state index in [-0.39, 0.29) is 11.3 Å². The van der Waals surface area contributed by atoms with E-state index in [4.69, 9.17) is 0 Å². The van der Waals surface area contributed by atoms with Gasteiger partial charge in [-0.2, -0.15) is 0 Å². The lowest BCUT2D eigenvalue weighted by atomic mass is 9.91. The van der Waals surface area contributed by atoms with Crippen molar-refractivity contribution in [1.29, 1.82) is 0 Å². The third-order valence-corrected chi connectivity index (χ3v) is 2.56. The summed E-state index contributed by atoms with van der Waals surface area (Å²) in [7, 11) is 1.68. The molecule has 0 aromatic carbocycles. The molecule has 0 aliphatic heterocycles. The van der Waals surface area contributed by atoms with E-state index in [1.54, 1.807) is 7.05 Å². The molecule has 90 valence electrons. The Morgan fingerprint density at radius 2 is 1.80 bits per heavy atom. The SMILES string of the molecule is CNC(=O)C(C)(C)CNC(C)CC(C)C. The van der Waals surface area contributed by atoms with Crippen molar-refractivity contribution in [3.63, 3.8) is 0 Å². The first-order chi connectivity index (χ1) is 6.79. The first-order valence-corrected chi connectivity index (χ1v) is 5.75. The van der Waals surface area contributed by atoms with Gasteiger partial charge in [0.1, 0.15) is 0 Å². The van der Waals surface area contributed by atoms with Crippen LogP contribution in [0.2, 0.25) is 0 Å². The van der Waals surface area contributed by atoms with Gasteiger partial charge in [-0.1, -0.05) is 13.8 Å². The Bertz CT molecular complexity index is 200. The Hall–Kier alpha value is -0.570. The predicted octanol–water partition coefficient (Wildman–Crippen LogP) is 1.78. The standard InChI is InChI=1S/C12H26N2O/c1-9(2)7-10(3)14-8-12(4,5)11(15)13-6/h9-10,14H,7-8H2,1-6H3,(H,13,15). The number of carbonyl (C=O) groups is 1. The first-order valence-electron chi connectivity index (χ1n) is 5.75. The molecule has 3 heteroatoms. The highest BCUT2D eigenvalue weighted by molar-refractivity contribution is 5.81. The average Bonchev–Trinajstić information content (AvgIpc) is 2.12. The summed E-state index contributed by atoms with van der Waals surface area (Å²) in [6.07, 6.45) is 1.14. The molecule has 0 radical (unpaired) electrons. The van der Waals surface area contributed by atoms with Gasteiger partial charge >= 0.3 is 0 Å². The quantitative estimate of drug-likeness (QED) is 0.707. The lowest BCUT2D eigenvalue weighted by molar-refractivity contribution is -0.128. The van der Waals surface area contributed by atoms with Gasteiger partial charge in [0.05, 0.1) is 5.41 Å². The highest BCUT2D eigenvalue weighted by Gasteiger charge is 2.26. The molecule has 1 atom stereocenters. The zero-order chi connectivity index (χ0) is 12.1. The zero-order valence-electron chi connectivity index (χ0n) is 11.0. The highest BCUT2D eigenvalue weighted by Crippen LogP contribution is 2.14. The van der Waals surface area contributed by atoms with E-state index < -0.39 is 0 Å². The largest absolute Gasteiger partial charge is 0.359 e. The lowest BCUT2D eigenvalue weighted by Gasteiger charge is -2.26. The van der Waals surface area contributed by atoms with Crippen LogP contribution >= 0.6 is 0 Å². The molecular formula is C12H26N2O. The lowest BCUT2D eigenvalue weighted by Crippen LogP contribution is -2.44. The van der Waals surface area contributed by atoms with Gasteiger partial charge in [-0.15, -0.1) is 0 Å². The van der Waals surface area contributed by atoms with Crippen molar-refractivity contribution < 1.29 is 4.79 Å². The Balaban J connectivity index is 3.98. The summed E-state index contributed by atoms with van der Waals surface area (Å²) in [5, 5.41) is 6.10. The van der Waals surface area contributed by atoms with Gasteiger partial charge in [-0.05, 0) is 33.1 Å². The molecule has 0 bridgehead atoms. The van der Waals surface area contributed by atoms with E-state index in [1.807, 2.05) is 13.8 Å². The van der Waals surface area contributed by atoms with Crippen LogP contribution in [0, 0.1) is 11.3 Å². The van der Waals surface area contributed by atoms with E-state index in [1.165, 1.54) is 0 Å². The van der Waals surface area contributed by atoms with E-state index in [0.29, 0.717) is 12.0 Å². The van der Waals surface area contributed by atoms with Crippen molar-refractivity contribution in [1.82, 2.24) is 10.6 Å². The minimum atomic E-state index is -0.333. The number of rotatable bonds is 6. The average molecular weight is 214 g/mol. The minimum Gasteiger partial charge on any atom is -0.359 e. The van der Waals surface area contributed by atoms with Crippen LogP contribution in [0.5, 0.6) is 0 Å². The molecule has 0 aromatic rings. The molecule has 1 unspecified atom stereocenters. The number of hydrogen-bond donors (Lipinski definition) is 2. The van der Waals surface area contributed by atoms with Crippen molar-refractivity contribution >= 4 is 5.91 Å². The molecular weight excluding hydrogens is 188 g/mol. The van der Waals surface area contributed by atoms with E-state index in [2.05, 4.69) is 31.4 Å². The summed E-state index contributed by atoms with van der Waals surface area (Å²) in [6.45, 7) is 11.2. The second-order valence-corrected chi connectivity index (χ2v) is 5.37. The predicted molar refractivity (Wildman–Crippen MR) is 64.8 cm³/mol. The molecule has 1 amide bonds. The van der Waals surface area contributed by atoms with Gasteiger partial charge in [0.2, 0.25) is 5.91 Å². The Morgan fingerprint density at radius 3 is 2.20 bits per heavy atom. The van der Waals surface area contributed by atoms with Gasteiger partial charge < -0.3 is 10.6 Å². The maximum Gasteiger partial charge on any atom is 0.226 e. The molecule has 0 fully saturated rings. The highest BCUT2D eigenvalue weighted by atomic mass is 16.2. The maximum absolute atomic E-state index is 11.5. The van der Waals surface area contributed by atoms with Crippen LogP contribution in [0.1, 0.15) is 41.0 Å². The van der Waals surface area contributed by atoms with E-state index >= 15 is 0 Å². The third kappa shape index (κ3) is 5.78. The maximum atomic E-state index is 11.5. The molecule has 0 aliphatic rings. The Kier molecular flexibility index (Phi) is 5.88. The van der Waals surface area contributed by atoms with E-state index in [0.717, 1.165) is 13.0 Å². The Morgan fingerprint density at radius 1 is 1.27 bits per heavy atom. The van der Waals surface area contributed by atoms with Crippen molar-refractivity contribution in [3.05, 3.63) is 0 Å². The topological polar surface area (TPSA) is 41.1 Å². The molecule has 0 saturated carbocycles. The minimum absolute atomic E-state index is 0.0896. The molecule has 0 aromatic heterocycles. The van der Waals surface area contributed by atoms with E-state index in [9.17, 15) is 4.79 Å².